The van der Waals surface area contributed by atoms with Crippen molar-refractivity contribution in [3.05, 3.63) is 23.8 Å². The molecule has 0 amide bonds. The van der Waals surface area contributed by atoms with Gasteiger partial charge in [-0.3, -0.25) is 4.90 Å². The van der Waals surface area contributed by atoms with Crippen LogP contribution < -0.4 is 9.47 Å². The van der Waals surface area contributed by atoms with Crippen molar-refractivity contribution < 1.29 is 56.2 Å². The standard InChI is InChI=1S/C41H81NO12Si2/c1-40(2,3)55(9,10)53-33-31-51-29-27-49-25-23-47-21-19-45-17-15-42(36-37-13-14-38(43-7)35-39(37)44-8)16-18-46-20-22-48-24-26-50-28-30-52-32-34-54-56(11,12)41(4,5)6/h13-14,35H,15-34,36H2,1-12H3. The molecule has 0 aliphatic rings. The minimum Gasteiger partial charge on any atom is -0.497 e. The van der Waals surface area contributed by atoms with Crippen LogP contribution in [0.2, 0.25) is 36.3 Å². The van der Waals surface area contributed by atoms with E-state index in [0.29, 0.717) is 125 Å². The van der Waals surface area contributed by atoms with E-state index in [9.17, 15) is 0 Å². The Morgan fingerprint density at radius 2 is 0.768 bits per heavy atom. The van der Waals surface area contributed by atoms with Crippen molar-refractivity contribution in [2.24, 2.45) is 0 Å². The maximum Gasteiger partial charge on any atom is 0.192 e. The van der Waals surface area contributed by atoms with Gasteiger partial charge in [-0.2, -0.15) is 0 Å². The first kappa shape index (κ1) is 52.8. The maximum atomic E-state index is 6.13. The van der Waals surface area contributed by atoms with Crippen molar-refractivity contribution in [2.75, 3.05) is 146 Å². The molecule has 15 heteroatoms. The number of benzene rings is 1. The molecule has 0 fully saturated rings. The lowest BCUT2D eigenvalue weighted by Crippen LogP contribution is -2.41. The second kappa shape index (κ2) is 29.9. The second-order valence-corrected chi connectivity index (χ2v) is 26.2. The third-order valence-electron chi connectivity index (χ3n) is 10.2. The van der Waals surface area contributed by atoms with Crippen molar-refractivity contribution in [1.82, 2.24) is 4.90 Å². The van der Waals surface area contributed by atoms with Crippen molar-refractivity contribution in [1.29, 1.82) is 0 Å². The van der Waals surface area contributed by atoms with Gasteiger partial charge in [0, 0.05) is 31.3 Å². The normalized spacial score (nSPS) is 12.9. The average molecular weight is 836 g/mol. The van der Waals surface area contributed by atoms with Gasteiger partial charge in [0.05, 0.1) is 133 Å². The van der Waals surface area contributed by atoms with Gasteiger partial charge in [0.15, 0.2) is 16.6 Å². The molecule has 0 aromatic heterocycles. The highest BCUT2D eigenvalue weighted by Gasteiger charge is 2.37. The highest BCUT2D eigenvalue weighted by atomic mass is 28.4. The molecular weight excluding hydrogens is 755 g/mol. The van der Waals surface area contributed by atoms with Crippen LogP contribution in [0, 0.1) is 0 Å². The molecule has 1 aromatic carbocycles. The molecule has 0 heterocycles. The molecule has 1 aromatic rings. The van der Waals surface area contributed by atoms with Gasteiger partial charge in [-0.05, 0) is 42.3 Å². The molecule has 0 aliphatic carbocycles. The third-order valence-corrected chi connectivity index (χ3v) is 19.3. The lowest BCUT2D eigenvalue weighted by molar-refractivity contribution is -0.0113. The second-order valence-electron chi connectivity index (χ2n) is 16.6. The number of hydrogen-bond donors (Lipinski definition) is 0. The van der Waals surface area contributed by atoms with E-state index in [1.165, 1.54) is 0 Å². The SMILES string of the molecule is COc1ccc(CN(CCOCCOCCOCCOCCO[Si](C)(C)C(C)(C)C)CCOCCOCCOCCOCCO[Si](C)(C)C(C)(C)C)c(OC)c1. The van der Waals surface area contributed by atoms with Gasteiger partial charge >= 0.3 is 0 Å². The lowest BCUT2D eigenvalue weighted by atomic mass is 10.1. The van der Waals surface area contributed by atoms with E-state index in [2.05, 4.69) is 72.6 Å². The highest BCUT2D eigenvalue weighted by molar-refractivity contribution is 6.74. The number of ether oxygens (including phenoxy) is 10. The Kier molecular flexibility index (Phi) is 28.2. The van der Waals surface area contributed by atoms with Gasteiger partial charge in [-0.15, -0.1) is 0 Å². The minimum absolute atomic E-state index is 0.205. The van der Waals surface area contributed by atoms with Gasteiger partial charge in [-0.1, -0.05) is 47.6 Å². The molecule has 13 nitrogen and oxygen atoms in total. The fourth-order valence-electron chi connectivity index (χ4n) is 4.55. The molecule has 0 radical (unpaired) electrons. The molecule has 0 atom stereocenters. The molecule has 0 saturated heterocycles. The van der Waals surface area contributed by atoms with Crippen molar-refractivity contribution in [2.45, 2.75) is 84.4 Å². The van der Waals surface area contributed by atoms with Gasteiger partial charge in [-0.25, -0.2) is 0 Å². The Morgan fingerprint density at radius 3 is 1.07 bits per heavy atom. The van der Waals surface area contributed by atoms with Crippen LogP contribution in [0.4, 0.5) is 0 Å². The molecule has 0 saturated carbocycles. The monoisotopic (exact) mass is 836 g/mol. The molecule has 0 unspecified atom stereocenters. The fraction of sp³-hybridized carbons (Fsp3) is 0.854. The summed E-state index contributed by atoms with van der Waals surface area (Å²) >= 11 is 0. The van der Waals surface area contributed by atoms with Crippen LogP contribution in [0.1, 0.15) is 47.1 Å². The van der Waals surface area contributed by atoms with Crippen LogP contribution in [-0.4, -0.2) is 168 Å². The number of nitrogens with zero attached hydrogens (tertiary/aromatic N) is 1. The van der Waals surface area contributed by atoms with Crippen LogP contribution in [0.3, 0.4) is 0 Å². The molecule has 0 N–H and O–H groups in total. The summed E-state index contributed by atoms with van der Waals surface area (Å²) in [6, 6.07) is 5.88. The van der Waals surface area contributed by atoms with Crippen molar-refractivity contribution in [3.63, 3.8) is 0 Å². The van der Waals surface area contributed by atoms with E-state index in [0.717, 1.165) is 30.2 Å². The highest BCUT2D eigenvalue weighted by Crippen LogP contribution is 2.37. The summed E-state index contributed by atoms with van der Waals surface area (Å²) in [7, 11) is -0.125. The summed E-state index contributed by atoms with van der Waals surface area (Å²) < 4.78 is 69.0. The Labute approximate surface area is 342 Å². The number of methoxy groups -OCH3 is 2. The first-order valence-corrected chi connectivity index (χ1v) is 26.2. The van der Waals surface area contributed by atoms with Crippen LogP contribution in [-0.2, 0) is 53.3 Å². The Hall–Kier alpha value is -1.19. The molecule has 56 heavy (non-hydrogen) atoms. The minimum atomic E-state index is -1.72. The zero-order chi connectivity index (χ0) is 41.8. The topological polar surface area (TPSA) is 114 Å². The van der Waals surface area contributed by atoms with Crippen LogP contribution >= 0.6 is 0 Å². The summed E-state index contributed by atoms with van der Waals surface area (Å²) in [5, 5.41) is 0.410. The molecule has 0 aliphatic heterocycles. The Bertz CT molecular complexity index is 1050. The molecule has 0 spiro atoms. The zero-order valence-corrected chi connectivity index (χ0v) is 39.4. The van der Waals surface area contributed by atoms with Crippen LogP contribution in [0.5, 0.6) is 11.5 Å². The predicted molar refractivity (Wildman–Crippen MR) is 228 cm³/mol. The van der Waals surface area contributed by atoms with Gasteiger partial charge in [0.2, 0.25) is 0 Å². The van der Waals surface area contributed by atoms with E-state index in [4.69, 9.17) is 56.2 Å². The Morgan fingerprint density at radius 1 is 0.446 bits per heavy atom. The summed E-state index contributed by atoms with van der Waals surface area (Å²) in [4.78, 5) is 2.29. The smallest absolute Gasteiger partial charge is 0.192 e. The first-order valence-electron chi connectivity index (χ1n) is 20.4. The number of hydrogen-bond acceptors (Lipinski definition) is 13. The van der Waals surface area contributed by atoms with Gasteiger partial charge in [0.1, 0.15) is 11.5 Å². The molecular formula is C41H81NO12Si2. The lowest BCUT2D eigenvalue weighted by Gasteiger charge is -2.36. The quantitative estimate of drug-likeness (QED) is 0.0530. The predicted octanol–water partition coefficient (Wildman–Crippen LogP) is 6.68. The van der Waals surface area contributed by atoms with Crippen LogP contribution in [0.15, 0.2) is 18.2 Å². The average Bonchev–Trinajstić information content (AvgIpc) is 3.13. The van der Waals surface area contributed by atoms with E-state index >= 15 is 0 Å². The van der Waals surface area contributed by atoms with E-state index in [-0.39, 0.29) is 10.1 Å². The van der Waals surface area contributed by atoms with E-state index in [1.54, 1.807) is 14.2 Å². The largest absolute Gasteiger partial charge is 0.497 e. The van der Waals surface area contributed by atoms with Crippen molar-refractivity contribution >= 4 is 16.6 Å². The van der Waals surface area contributed by atoms with E-state index in [1.807, 2.05) is 18.2 Å². The fourth-order valence-corrected chi connectivity index (χ4v) is 6.60. The maximum absolute atomic E-state index is 6.13. The van der Waals surface area contributed by atoms with E-state index < -0.39 is 16.6 Å². The van der Waals surface area contributed by atoms with Gasteiger partial charge < -0.3 is 56.2 Å². The Balaban J connectivity index is 2.20. The summed E-state index contributed by atoms with van der Waals surface area (Å²) in [6.45, 7) is 34.4. The van der Waals surface area contributed by atoms with Crippen molar-refractivity contribution in [3.8, 4) is 11.5 Å². The summed E-state index contributed by atoms with van der Waals surface area (Å²) in [6.07, 6.45) is 0. The molecule has 1 rings (SSSR count). The summed E-state index contributed by atoms with van der Waals surface area (Å²) in [5.74, 6) is 1.54. The molecule has 0 bridgehead atoms. The summed E-state index contributed by atoms with van der Waals surface area (Å²) in [5.41, 5.74) is 1.06. The zero-order valence-electron chi connectivity index (χ0n) is 37.4. The van der Waals surface area contributed by atoms with Crippen LogP contribution in [0.25, 0.3) is 0 Å². The van der Waals surface area contributed by atoms with Gasteiger partial charge in [0.25, 0.3) is 0 Å². The third kappa shape index (κ3) is 24.7. The first-order chi connectivity index (χ1) is 26.5. The number of rotatable bonds is 36. The molecule has 330 valence electrons.